The first-order valence-corrected chi connectivity index (χ1v) is 5.87. The average Bonchev–Trinajstić information content (AvgIpc) is 2.35. The van der Waals surface area contributed by atoms with Crippen LogP contribution in [0.4, 0.5) is 0 Å². The molecule has 0 aliphatic carbocycles. The molecule has 0 aliphatic rings. The molecule has 0 saturated carbocycles. The zero-order chi connectivity index (χ0) is 13.6. The van der Waals surface area contributed by atoms with Gasteiger partial charge in [0.15, 0.2) is 0 Å². The Morgan fingerprint density at radius 1 is 1.50 bits per heavy atom. The summed E-state index contributed by atoms with van der Waals surface area (Å²) in [5.74, 6) is -0.0302. The predicted octanol–water partition coefficient (Wildman–Crippen LogP) is 1.70. The van der Waals surface area contributed by atoms with Crippen molar-refractivity contribution in [2.75, 3.05) is 13.7 Å². The lowest BCUT2D eigenvalue weighted by atomic mass is 10.1. The third-order valence-corrected chi connectivity index (χ3v) is 2.77. The molecule has 0 fully saturated rings. The summed E-state index contributed by atoms with van der Waals surface area (Å²) in [5, 5.41) is 7.31. The first-order valence-electron chi connectivity index (χ1n) is 5.87. The number of aromatic nitrogens is 1. The number of nitrogens with zero attached hydrogens (tertiary/aromatic N) is 1. The number of nitrogens with two attached hydrogens (primary N) is 1. The molecule has 0 atom stereocenters. The van der Waals surface area contributed by atoms with Crippen molar-refractivity contribution in [1.82, 2.24) is 4.98 Å². The van der Waals surface area contributed by atoms with Crippen LogP contribution in [0.1, 0.15) is 31.5 Å². The molecule has 1 heterocycles. The Morgan fingerprint density at radius 3 is 2.83 bits per heavy atom. The summed E-state index contributed by atoms with van der Waals surface area (Å²) in [7, 11) is 1.70. The molecule has 0 spiro atoms. The number of pyridine rings is 1. The van der Waals surface area contributed by atoms with Gasteiger partial charge in [0.1, 0.15) is 11.5 Å². The van der Waals surface area contributed by atoms with E-state index in [-0.39, 0.29) is 11.4 Å². The molecular formula is C13H21N3O2. The van der Waals surface area contributed by atoms with E-state index >= 15 is 0 Å². The first kappa shape index (κ1) is 14.6. The second-order valence-corrected chi connectivity index (χ2v) is 4.73. The van der Waals surface area contributed by atoms with Crippen molar-refractivity contribution in [3.05, 3.63) is 29.6 Å². The Kier molecular flexibility index (Phi) is 5.25. The van der Waals surface area contributed by atoms with Crippen LogP contribution in [0.2, 0.25) is 0 Å². The van der Waals surface area contributed by atoms with Crippen molar-refractivity contribution < 1.29 is 9.47 Å². The Balaban J connectivity index is 2.40. The van der Waals surface area contributed by atoms with Crippen LogP contribution in [0.5, 0.6) is 0 Å². The molecule has 100 valence electrons. The smallest absolute Gasteiger partial charge is 0.141 e. The number of hydrogen-bond donors (Lipinski definition) is 2. The van der Waals surface area contributed by atoms with Crippen molar-refractivity contribution in [1.29, 1.82) is 5.41 Å². The topological polar surface area (TPSA) is 81.2 Å². The quantitative estimate of drug-likeness (QED) is 0.439. The Labute approximate surface area is 108 Å². The van der Waals surface area contributed by atoms with Gasteiger partial charge in [-0.2, -0.15) is 0 Å². The zero-order valence-corrected chi connectivity index (χ0v) is 11.2. The van der Waals surface area contributed by atoms with Gasteiger partial charge in [-0.15, -0.1) is 0 Å². The normalized spacial score (nSPS) is 11.5. The van der Waals surface area contributed by atoms with Gasteiger partial charge in [0.2, 0.25) is 0 Å². The lowest BCUT2D eigenvalue weighted by Gasteiger charge is -2.22. The molecule has 0 aromatic carbocycles. The van der Waals surface area contributed by atoms with Crippen LogP contribution in [-0.4, -0.2) is 30.1 Å². The van der Waals surface area contributed by atoms with E-state index in [2.05, 4.69) is 4.98 Å². The standard InChI is InChI=1S/C13H21N3O2/c1-13(2,17-3)5-7-18-9-10-4-6-16-11(8-10)12(14)15/h4,6,8H,5,7,9H2,1-3H3,(H3,14,15). The fourth-order valence-corrected chi connectivity index (χ4v) is 1.32. The van der Waals surface area contributed by atoms with E-state index in [1.165, 1.54) is 0 Å². The highest BCUT2D eigenvalue weighted by atomic mass is 16.5. The molecular weight excluding hydrogens is 230 g/mol. The van der Waals surface area contributed by atoms with Gasteiger partial charge in [0.05, 0.1) is 12.2 Å². The molecule has 5 nitrogen and oxygen atoms in total. The molecule has 3 N–H and O–H groups in total. The molecule has 0 amide bonds. The lowest BCUT2D eigenvalue weighted by Crippen LogP contribution is -2.24. The van der Waals surface area contributed by atoms with E-state index < -0.39 is 0 Å². The number of nitrogen functional groups attached to an aromatic ring is 1. The maximum atomic E-state index is 7.31. The van der Waals surface area contributed by atoms with Gasteiger partial charge in [-0.3, -0.25) is 10.4 Å². The van der Waals surface area contributed by atoms with Crippen molar-refractivity contribution in [2.45, 2.75) is 32.5 Å². The molecule has 0 radical (unpaired) electrons. The molecule has 0 unspecified atom stereocenters. The summed E-state index contributed by atoms with van der Waals surface area (Å²) in [6.45, 7) is 5.16. The fraction of sp³-hybridized carbons (Fsp3) is 0.538. The lowest BCUT2D eigenvalue weighted by molar-refractivity contribution is -0.0124. The number of nitrogens with one attached hydrogen (secondary N) is 1. The summed E-state index contributed by atoms with van der Waals surface area (Å²) >= 11 is 0. The van der Waals surface area contributed by atoms with Crippen molar-refractivity contribution in [2.24, 2.45) is 5.73 Å². The van der Waals surface area contributed by atoms with E-state index in [4.69, 9.17) is 20.6 Å². The number of rotatable bonds is 7. The second-order valence-electron chi connectivity index (χ2n) is 4.73. The maximum absolute atomic E-state index is 7.31. The van der Waals surface area contributed by atoms with Gasteiger partial charge in [-0.25, -0.2) is 0 Å². The zero-order valence-electron chi connectivity index (χ0n) is 11.2. The minimum atomic E-state index is -0.164. The molecule has 0 bridgehead atoms. The average molecular weight is 251 g/mol. The van der Waals surface area contributed by atoms with Gasteiger partial charge in [-0.05, 0) is 38.0 Å². The second kappa shape index (κ2) is 6.47. The number of ether oxygens (including phenoxy) is 2. The van der Waals surface area contributed by atoms with Crippen LogP contribution < -0.4 is 5.73 Å². The highest BCUT2D eigenvalue weighted by molar-refractivity contribution is 5.93. The number of amidine groups is 1. The van der Waals surface area contributed by atoms with Crippen LogP contribution in [0.25, 0.3) is 0 Å². The minimum Gasteiger partial charge on any atom is -0.382 e. The van der Waals surface area contributed by atoms with Crippen molar-refractivity contribution in [3.8, 4) is 0 Å². The van der Waals surface area contributed by atoms with Crippen LogP contribution in [0.3, 0.4) is 0 Å². The maximum Gasteiger partial charge on any atom is 0.141 e. The van der Waals surface area contributed by atoms with Crippen molar-refractivity contribution in [3.63, 3.8) is 0 Å². The Bertz CT molecular complexity index is 405. The summed E-state index contributed by atoms with van der Waals surface area (Å²) in [4.78, 5) is 3.99. The minimum absolute atomic E-state index is 0.0302. The molecule has 1 aromatic heterocycles. The monoisotopic (exact) mass is 251 g/mol. The van der Waals surface area contributed by atoms with Gasteiger partial charge in [0, 0.05) is 19.9 Å². The molecule has 5 heteroatoms. The largest absolute Gasteiger partial charge is 0.382 e. The third kappa shape index (κ3) is 4.81. The van der Waals surface area contributed by atoms with Gasteiger partial charge in [0.25, 0.3) is 0 Å². The van der Waals surface area contributed by atoms with Gasteiger partial charge in [-0.1, -0.05) is 0 Å². The molecule has 1 aromatic rings. The van der Waals surface area contributed by atoms with Crippen LogP contribution in [0, 0.1) is 5.41 Å². The summed E-state index contributed by atoms with van der Waals surface area (Å²) < 4.78 is 10.9. The first-order chi connectivity index (χ1) is 8.44. The van der Waals surface area contributed by atoms with E-state index in [0.29, 0.717) is 18.9 Å². The highest BCUT2D eigenvalue weighted by Gasteiger charge is 2.15. The van der Waals surface area contributed by atoms with Gasteiger partial charge >= 0.3 is 0 Å². The Morgan fingerprint density at radius 2 is 2.22 bits per heavy atom. The molecule has 18 heavy (non-hydrogen) atoms. The van der Waals surface area contributed by atoms with Crippen LogP contribution in [-0.2, 0) is 16.1 Å². The van der Waals surface area contributed by atoms with Crippen LogP contribution >= 0.6 is 0 Å². The summed E-state index contributed by atoms with van der Waals surface area (Å²) in [6, 6.07) is 3.62. The SMILES string of the molecule is COC(C)(C)CCOCc1ccnc(C(=N)N)c1. The molecule has 0 aliphatic heterocycles. The third-order valence-electron chi connectivity index (χ3n) is 2.77. The summed E-state index contributed by atoms with van der Waals surface area (Å²) in [5.41, 5.74) is 6.66. The van der Waals surface area contributed by atoms with Crippen molar-refractivity contribution >= 4 is 5.84 Å². The van der Waals surface area contributed by atoms with E-state index in [1.54, 1.807) is 19.4 Å². The van der Waals surface area contributed by atoms with E-state index in [9.17, 15) is 0 Å². The number of hydrogen-bond acceptors (Lipinski definition) is 4. The summed E-state index contributed by atoms with van der Waals surface area (Å²) in [6.07, 6.45) is 2.46. The predicted molar refractivity (Wildman–Crippen MR) is 70.6 cm³/mol. The molecule has 0 saturated heterocycles. The van der Waals surface area contributed by atoms with E-state index in [0.717, 1.165) is 12.0 Å². The van der Waals surface area contributed by atoms with E-state index in [1.807, 2.05) is 19.9 Å². The van der Waals surface area contributed by atoms with Crippen LogP contribution in [0.15, 0.2) is 18.3 Å². The molecule has 1 rings (SSSR count). The fourth-order valence-electron chi connectivity index (χ4n) is 1.32. The Hall–Kier alpha value is -1.46. The van der Waals surface area contributed by atoms with Gasteiger partial charge < -0.3 is 15.2 Å². The highest BCUT2D eigenvalue weighted by Crippen LogP contribution is 2.13. The number of methoxy groups -OCH3 is 1.